The van der Waals surface area contributed by atoms with E-state index in [0.717, 1.165) is 21.2 Å². The number of hydrogen-bond donors (Lipinski definition) is 1. The highest BCUT2D eigenvalue weighted by atomic mass is 79.9. The fourth-order valence-electron chi connectivity index (χ4n) is 2.48. The van der Waals surface area contributed by atoms with Gasteiger partial charge in [0, 0.05) is 9.50 Å². The first-order valence-electron chi connectivity index (χ1n) is 8.62. The van der Waals surface area contributed by atoms with Gasteiger partial charge in [-0.05, 0) is 53.1 Å². The van der Waals surface area contributed by atoms with Crippen LogP contribution in [0, 0.1) is 0 Å². The summed E-state index contributed by atoms with van der Waals surface area (Å²) in [4.78, 5) is 12.0. The van der Waals surface area contributed by atoms with Crippen LogP contribution in [-0.2, 0) is 17.8 Å². The zero-order valence-corrected chi connectivity index (χ0v) is 17.3. The summed E-state index contributed by atoms with van der Waals surface area (Å²) in [6.07, 6.45) is 1.86. The Morgan fingerprint density at radius 1 is 1.04 bits per heavy atom. The molecule has 0 bridgehead atoms. The number of nitrogens with zero attached hydrogens (tertiary/aromatic N) is 1. The van der Waals surface area contributed by atoms with Gasteiger partial charge in [-0.1, -0.05) is 63.9 Å². The van der Waals surface area contributed by atoms with Crippen LogP contribution in [0.1, 0.15) is 16.7 Å². The molecule has 0 fully saturated rings. The molecule has 0 aliphatic rings. The Morgan fingerprint density at radius 3 is 2.61 bits per heavy atom. The average molecular weight is 458 g/mol. The summed E-state index contributed by atoms with van der Waals surface area (Å²) in [6.45, 7) is 0.422. The summed E-state index contributed by atoms with van der Waals surface area (Å²) in [5.74, 6) is 0.539. The van der Waals surface area contributed by atoms with Gasteiger partial charge < -0.3 is 4.74 Å². The molecule has 28 heavy (non-hydrogen) atoms. The summed E-state index contributed by atoms with van der Waals surface area (Å²) in [5, 5.41) is 4.70. The standard InChI is InChI=1S/C22H18BrClN2O2/c23-19-9-7-16(8-10-19)13-22(27)26-25-14-17-3-2-6-21(12-17)28-15-18-4-1-5-20(24)11-18/h1-12,14H,13,15H2,(H,26,27)/b25-14-. The Morgan fingerprint density at radius 2 is 1.82 bits per heavy atom. The van der Waals surface area contributed by atoms with E-state index in [1.54, 1.807) is 6.21 Å². The lowest BCUT2D eigenvalue weighted by Crippen LogP contribution is -2.19. The number of rotatable bonds is 7. The zero-order valence-electron chi connectivity index (χ0n) is 14.9. The van der Waals surface area contributed by atoms with E-state index in [9.17, 15) is 4.79 Å². The molecule has 3 aromatic carbocycles. The number of ether oxygens (including phenoxy) is 1. The second kappa shape index (κ2) is 10.1. The molecule has 142 valence electrons. The average Bonchev–Trinajstić information content (AvgIpc) is 2.69. The molecule has 0 aliphatic heterocycles. The molecule has 0 aliphatic carbocycles. The van der Waals surface area contributed by atoms with Crippen molar-refractivity contribution in [1.82, 2.24) is 5.43 Å². The Kier molecular flexibility index (Phi) is 7.23. The van der Waals surface area contributed by atoms with Crippen LogP contribution in [0.4, 0.5) is 0 Å². The molecule has 4 nitrogen and oxygen atoms in total. The second-order valence-electron chi connectivity index (χ2n) is 6.09. The maximum atomic E-state index is 12.0. The number of carbonyl (C=O) groups excluding carboxylic acids is 1. The number of carbonyl (C=O) groups is 1. The van der Waals surface area contributed by atoms with Crippen LogP contribution in [0.5, 0.6) is 5.75 Å². The third-order valence-corrected chi connectivity index (χ3v) is 4.60. The van der Waals surface area contributed by atoms with E-state index in [1.165, 1.54) is 0 Å². The van der Waals surface area contributed by atoms with E-state index >= 15 is 0 Å². The van der Waals surface area contributed by atoms with Gasteiger partial charge in [-0.2, -0.15) is 5.10 Å². The summed E-state index contributed by atoms with van der Waals surface area (Å²) in [7, 11) is 0. The summed E-state index contributed by atoms with van der Waals surface area (Å²) in [6, 6.07) is 22.6. The topological polar surface area (TPSA) is 50.7 Å². The second-order valence-corrected chi connectivity index (χ2v) is 7.44. The quantitative estimate of drug-likeness (QED) is 0.383. The molecule has 0 aromatic heterocycles. The number of amides is 1. The third kappa shape index (κ3) is 6.51. The van der Waals surface area contributed by atoms with E-state index in [2.05, 4.69) is 26.5 Å². The minimum Gasteiger partial charge on any atom is -0.489 e. The van der Waals surface area contributed by atoms with Crippen molar-refractivity contribution >= 4 is 39.7 Å². The minimum absolute atomic E-state index is 0.174. The van der Waals surface area contributed by atoms with E-state index < -0.39 is 0 Å². The first-order chi connectivity index (χ1) is 13.6. The molecule has 6 heteroatoms. The normalized spacial score (nSPS) is 10.8. The van der Waals surface area contributed by atoms with Crippen LogP contribution in [-0.4, -0.2) is 12.1 Å². The van der Waals surface area contributed by atoms with Gasteiger partial charge in [0.05, 0.1) is 12.6 Å². The van der Waals surface area contributed by atoms with Crippen LogP contribution in [0.25, 0.3) is 0 Å². The number of hydrazone groups is 1. The number of halogens is 2. The van der Waals surface area contributed by atoms with Crippen molar-refractivity contribution in [2.45, 2.75) is 13.0 Å². The van der Waals surface area contributed by atoms with Crippen molar-refractivity contribution < 1.29 is 9.53 Å². The van der Waals surface area contributed by atoms with E-state index in [-0.39, 0.29) is 12.3 Å². The molecule has 0 radical (unpaired) electrons. The van der Waals surface area contributed by atoms with Crippen molar-refractivity contribution in [1.29, 1.82) is 0 Å². The number of benzene rings is 3. The van der Waals surface area contributed by atoms with Gasteiger partial charge >= 0.3 is 0 Å². The first-order valence-corrected chi connectivity index (χ1v) is 9.79. The molecule has 0 saturated heterocycles. The molecule has 0 saturated carbocycles. The van der Waals surface area contributed by atoms with E-state index in [4.69, 9.17) is 16.3 Å². The van der Waals surface area contributed by atoms with Crippen LogP contribution < -0.4 is 10.2 Å². The highest BCUT2D eigenvalue weighted by molar-refractivity contribution is 9.10. The first kappa shape index (κ1) is 20.1. The van der Waals surface area contributed by atoms with Crippen LogP contribution in [0.2, 0.25) is 5.02 Å². The van der Waals surface area contributed by atoms with Gasteiger partial charge in [0.25, 0.3) is 0 Å². The van der Waals surface area contributed by atoms with Crippen molar-refractivity contribution in [2.75, 3.05) is 0 Å². The minimum atomic E-state index is -0.174. The Bertz CT molecular complexity index is 974. The molecular formula is C22H18BrClN2O2. The Labute approximate surface area is 177 Å². The highest BCUT2D eigenvalue weighted by Gasteiger charge is 2.02. The smallest absolute Gasteiger partial charge is 0.244 e. The summed E-state index contributed by atoms with van der Waals surface area (Å²) < 4.78 is 6.77. The van der Waals surface area contributed by atoms with Crippen molar-refractivity contribution in [3.63, 3.8) is 0 Å². The summed E-state index contributed by atoms with van der Waals surface area (Å²) in [5.41, 5.74) is 5.28. The maximum Gasteiger partial charge on any atom is 0.244 e. The zero-order chi connectivity index (χ0) is 19.8. The highest BCUT2D eigenvalue weighted by Crippen LogP contribution is 2.16. The summed E-state index contributed by atoms with van der Waals surface area (Å²) >= 11 is 9.36. The molecule has 3 aromatic rings. The predicted octanol–water partition coefficient (Wildman–Crippen LogP) is 5.37. The fraction of sp³-hybridized carbons (Fsp3) is 0.0909. The molecule has 0 atom stereocenters. The van der Waals surface area contributed by atoms with E-state index in [1.807, 2.05) is 72.8 Å². The lowest BCUT2D eigenvalue weighted by Gasteiger charge is -2.07. The molecule has 1 amide bonds. The Balaban J connectivity index is 1.51. The third-order valence-electron chi connectivity index (χ3n) is 3.83. The largest absolute Gasteiger partial charge is 0.489 e. The fourth-order valence-corrected chi connectivity index (χ4v) is 2.96. The predicted molar refractivity (Wildman–Crippen MR) is 116 cm³/mol. The van der Waals surface area contributed by atoms with Crippen molar-refractivity contribution in [3.8, 4) is 5.75 Å². The molecule has 0 heterocycles. The van der Waals surface area contributed by atoms with Crippen LogP contribution in [0.3, 0.4) is 0 Å². The van der Waals surface area contributed by atoms with Crippen LogP contribution >= 0.6 is 27.5 Å². The SMILES string of the molecule is O=C(Cc1ccc(Br)cc1)N/N=C\c1cccc(OCc2cccc(Cl)c2)c1. The van der Waals surface area contributed by atoms with Gasteiger partial charge in [-0.15, -0.1) is 0 Å². The molecule has 0 unspecified atom stereocenters. The molecule has 3 rings (SSSR count). The molecular weight excluding hydrogens is 440 g/mol. The van der Waals surface area contributed by atoms with Crippen molar-refractivity contribution in [2.24, 2.45) is 5.10 Å². The monoisotopic (exact) mass is 456 g/mol. The molecule has 1 N–H and O–H groups in total. The maximum absolute atomic E-state index is 12.0. The van der Waals surface area contributed by atoms with Gasteiger partial charge in [0.2, 0.25) is 5.91 Å². The lowest BCUT2D eigenvalue weighted by atomic mass is 10.1. The Hall–Kier alpha value is -2.63. The van der Waals surface area contributed by atoms with Gasteiger partial charge in [-0.25, -0.2) is 5.43 Å². The van der Waals surface area contributed by atoms with Crippen molar-refractivity contribution in [3.05, 3.63) is 99.0 Å². The lowest BCUT2D eigenvalue weighted by molar-refractivity contribution is -0.120. The van der Waals surface area contributed by atoms with E-state index in [0.29, 0.717) is 17.4 Å². The van der Waals surface area contributed by atoms with Gasteiger partial charge in [0.1, 0.15) is 12.4 Å². The number of nitrogens with one attached hydrogen (secondary N) is 1. The number of hydrogen-bond acceptors (Lipinski definition) is 3. The molecule has 0 spiro atoms. The van der Waals surface area contributed by atoms with Gasteiger partial charge in [-0.3, -0.25) is 4.79 Å². The van der Waals surface area contributed by atoms with Crippen LogP contribution in [0.15, 0.2) is 82.4 Å². The van der Waals surface area contributed by atoms with Gasteiger partial charge in [0.15, 0.2) is 0 Å².